The average Bonchev–Trinajstić information content (AvgIpc) is 2.64. The van der Waals surface area contributed by atoms with Gasteiger partial charge in [0.2, 0.25) is 0 Å². The number of fused-ring (bicyclic) bond motifs is 1. The summed E-state index contributed by atoms with van der Waals surface area (Å²) in [6.45, 7) is 18.8. The van der Waals surface area contributed by atoms with Crippen molar-refractivity contribution in [3.05, 3.63) is 35.9 Å². The summed E-state index contributed by atoms with van der Waals surface area (Å²) >= 11 is 0. The first-order chi connectivity index (χ1) is 14.1. The minimum Gasteiger partial charge on any atom is -0.0996 e. The lowest BCUT2D eigenvalue weighted by Gasteiger charge is -2.58. The second-order valence-electron chi connectivity index (χ2n) is 11.5. The Hall–Kier alpha value is -0.780. The molecule has 0 nitrogen and oxygen atoms in total. The molecule has 0 aliphatic heterocycles. The van der Waals surface area contributed by atoms with Crippen LogP contribution in [-0.4, -0.2) is 0 Å². The number of hydrogen-bond donors (Lipinski definition) is 0. The van der Waals surface area contributed by atoms with E-state index in [2.05, 4.69) is 60.3 Å². The first kappa shape index (κ1) is 22.9. The van der Waals surface area contributed by atoms with Gasteiger partial charge in [0.15, 0.2) is 0 Å². The van der Waals surface area contributed by atoms with Crippen molar-refractivity contribution in [2.45, 2.75) is 119 Å². The van der Waals surface area contributed by atoms with Crippen LogP contribution in [0.1, 0.15) is 120 Å². The Balaban J connectivity index is 1.81. The van der Waals surface area contributed by atoms with Crippen LogP contribution in [0.3, 0.4) is 0 Å². The number of hydrogen-bond acceptors (Lipinski definition) is 0. The van der Waals surface area contributed by atoms with Crippen molar-refractivity contribution >= 4 is 0 Å². The molecule has 2 saturated carbocycles. The number of allylic oxidation sites excluding steroid dienone is 5. The lowest BCUT2D eigenvalue weighted by Crippen LogP contribution is -2.49. The van der Waals surface area contributed by atoms with E-state index < -0.39 is 0 Å². The van der Waals surface area contributed by atoms with E-state index in [0.29, 0.717) is 16.7 Å². The van der Waals surface area contributed by atoms with Crippen LogP contribution in [0.25, 0.3) is 0 Å². The maximum absolute atomic E-state index is 8.33. The van der Waals surface area contributed by atoms with E-state index in [4.69, 9.17) is 1.37 Å². The van der Waals surface area contributed by atoms with E-state index in [1.165, 1.54) is 62.5 Å². The standard InChI is InChI=1S/C29H50/c1-23(2)15-13-17-24(3)16-11-9-8-10-12-18-26-25(4)19-20-27-28(5,6)21-14-22-29(26,27)7/h8,10,16,23,26-27H,4,9,11-15,17-22H2,1-3,5-7H3/b10-8+,24-16+/t26-,27?,29+/m0/s1/i16D. The smallest absolute Gasteiger partial charge is 0.0575 e. The van der Waals surface area contributed by atoms with Crippen LogP contribution in [0.2, 0.25) is 0 Å². The molecule has 29 heavy (non-hydrogen) atoms. The van der Waals surface area contributed by atoms with Gasteiger partial charge in [-0.3, -0.25) is 0 Å². The number of rotatable bonds is 10. The molecule has 0 heteroatoms. The summed E-state index contributed by atoms with van der Waals surface area (Å²) in [5, 5.41) is 0. The van der Waals surface area contributed by atoms with Crippen molar-refractivity contribution in [2.24, 2.45) is 28.6 Å². The third-order valence-corrected chi connectivity index (χ3v) is 8.18. The van der Waals surface area contributed by atoms with Crippen LogP contribution >= 0.6 is 0 Å². The molecule has 0 radical (unpaired) electrons. The normalized spacial score (nSPS) is 31.0. The summed E-state index contributed by atoms with van der Waals surface area (Å²) in [7, 11) is 0. The molecule has 1 unspecified atom stereocenters. The quantitative estimate of drug-likeness (QED) is 0.321. The Kier molecular flexibility index (Phi) is 8.70. The second-order valence-corrected chi connectivity index (χ2v) is 11.5. The Morgan fingerprint density at radius 3 is 2.62 bits per heavy atom. The van der Waals surface area contributed by atoms with E-state index >= 15 is 0 Å². The summed E-state index contributed by atoms with van der Waals surface area (Å²) in [5.41, 5.74) is 3.76. The SMILES string of the molecule is [2H]/C(CC/C=C/CC[C@H]1C(=C)CCC2C(C)(C)CCC[C@@]21C)=C(/C)CCCC(C)C. The fraction of sp³-hybridized carbons (Fsp3) is 0.793. The van der Waals surface area contributed by atoms with Gasteiger partial charge in [0, 0.05) is 0 Å². The van der Waals surface area contributed by atoms with Gasteiger partial charge in [-0.15, -0.1) is 0 Å². The van der Waals surface area contributed by atoms with Crippen LogP contribution in [0.15, 0.2) is 35.9 Å². The first-order valence-electron chi connectivity index (χ1n) is 13.1. The molecule has 2 aliphatic rings. The predicted molar refractivity (Wildman–Crippen MR) is 131 cm³/mol. The van der Waals surface area contributed by atoms with Crippen LogP contribution < -0.4 is 0 Å². The zero-order chi connectivity index (χ0) is 22.4. The first-order valence-corrected chi connectivity index (χ1v) is 12.6. The van der Waals surface area contributed by atoms with Crippen LogP contribution in [0.4, 0.5) is 0 Å². The molecule has 0 N–H and O–H groups in total. The molecule has 0 aromatic carbocycles. The predicted octanol–water partition coefficient (Wildman–Crippen LogP) is 9.67. The molecule has 0 heterocycles. The van der Waals surface area contributed by atoms with Crippen LogP contribution in [-0.2, 0) is 0 Å². The van der Waals surface area contributed by atoms with E-state index in [9.17, 15) is 0 Å². The van der Waals surface area contributed by atoms with Gasteiger partial charge in [0.25, 0.3) is 0 Å². The van der Waals surface area contributed by atoms with Gasteiger partial charge in [-0.05, 0) is 99.7 Å². The third kappa shape index (κ3) is 6.86. The van der Waals surface area contributed by atoms with Crippen LogP contribution in [0, 0.1) is 28.6 Å². The van der Waals surface area contributed by atoms with Crippen molar-refractivity contribution in [3.63, 3.8) is 0 Å². The Bertz CT molecular complexity index is 620. The van der Waals surface area contributed by atoms with Crippen molar-refractivity contribution in [1.29, 1.82) is 0 Å². The molecule has 0 saturated heterocycles. The molecule has 0 aromatic rings. The summed E-state index contributed by atoms with van der Waals surface area (Å²) in [4.78, 5) is 0. The Morgan fingerprint density at radius 2 is 1.90 bits per heavy atom. The van der Waals surface area contributed by atoms with E-state index in [1.807, 2.05) is 0 Å². The third-order valence-electron chi connectivity index (χ3n) is 8.18. The molecule has 166 valence electrons. The lowest BCUT2D eigenvalue weighted by molar-refractivity contribution is -0.0537. The van der Waals surface area contributed by atoms with Gasteiger partial charge in [-0.25, -0.2) is 0 Å². The minimum absolute atomic E-state index is 0.453. The molecular formula is C29H50. The van der Waals surface area contributed by atoms with Gasteiger partial charge in [0.05, 0.1) is 1.37 Å². The summed E-state index contributed by atoms with van der Waals surface area (Å²) in [5.74, 6) is 2.32. The summed E-state index contributed by atoms with van der Waals surface area (Å²) in [6, 6.07) is 0.865. The maximum atomic E-state index is 8.33. The molecule has 0 bridgehead atoms. The molecule has 3 atom stereocenters. The summed E-state index contributed by atoms with van der Waals surface area (Å²) in [6.07, 6.45) is 19.4. The van der Waals surface area contributed by atoms with Gasteiger partial charge < -0.3 is 0 Å². The lowest BCUT2D eigenvalue weighted by atomic mass is 9.47. The fourth-order valence-corrected chi connectivity index (χ4v) is 6.54. The largest absolute Gasteiger partial charge is 0.0996 e. The molecule has 2 aliphatic carbocycles. The zero-order valence-electron chi connectivity index (χ0n) is 21.6. The maximum Gasteiger partial charge on any atom is 0.0575 e. The molecule has 0 amide bonds. The van der Waals surface area contributed by atoms with Gasteiger partial charge in [-0.1, -0.05) is 83.4 Å². The fourth-order valence-electron chi connectivity index (χ4n) is 6.54. The van der Waals surface area contributed by atoms with Crippen molar-refractivity contribution in [2.75, 3.05) is 0 Å². The van der Waals surface area contributed by atoms with E-state index in [1.54, 1.807) is 0 Å². The highest BCUT2D eigenvalue weighted by molar-refractivity contribution is 5.16. The van der Waals surface area contributed by atoms with Crippen molar-refractivity contribution in [1.82, 2.24) is 0 Å². The molecular weight excluding hydrogens is 348 g/mol. The van der Waals surface area contributed by atoms with E-state index in [0.717, 1.165) is 43.6 Å². The van der Waals surface area contributed by atoms with Gasteiger partial charge >= 0.3 is 0 Å². The van der Waals surface area contributed by atoms with Crippen LogP contribution in [0.5, 0.6) is 0 Å². The average molecular weight is 400 g/mol. The van der Waals surface area contributed by atoms with Crippen molar-refractivity contribution < 1.29 is 1.37 Å². The van der Waals surface area contributed by atoms with Gasteiger partial charge in [0.1, 0.15) is 0 Å². The van der Waals surface area contributed by atoms with Gasteiger partial charge in [-0.2, -0.15) is 0 Å². The molecule has 2 fully saturated rings. The van der Waals surface area contributed by atoms with Crippen molar-refractivity contribution in [3.8, 4) is 0 Å². The second kappa shape index (κ2) is 11.0. The summed E-state index contributed by atoms with van der Waals surface area (Å²) < 4.78 is 8.33. The zero-order valence-corrected chi connectivity index (χ0v) is 20.6. The van der Waals surface area contributed by atoms with E-state index in [-0.39, 0.29) is 0 Å². The molecule has 0 spiro atoms. The minimum atomic E-state index is 0.453. The molecule has 2 rings (SSSR count). The highest BCUT2D eigenvalue weighted by atomic mass is 14.6. The highest BCUT2D eigenvalue weighted by Crippen LogP contribution is 2.61. The Labute approximate surface area is 184 Å². The monoisotopic (exact) mass is 399 g/mol. The molecule has 0 aromatic heterocycles. The topological polar surface area (TPSA) is 0 Å². The highest BCUT2D eigenvalue weighted by Gasteiger charge is 2.52. The Morgan fingerprint density at radius 1 is 1.17 bits per heavy atom.